The van der Waals surface area contributed by atoms with E-state index in [0.717, 1.165) is 37.3 Å². The predicted octanol–water partition coefficient (Wildman–Crippen LogP) is 8.09. The summed E-state index contributed by atoms with van der Waals surface area (Å²) in [6, 6.07) is 28.4. The van der Waals surface area contributed by atoms with Gasteiger partial charge in [-0.2, -0.15) is 5.10 Å². The Morgan fingerprint density at radius 1 is 0.900 bits per heavy atom. The molecule has 0 fully saturated rings. The number of rotatable bonds is 6. The Kier molecular flexibility index (Phi) is 7.06. The van der Waals surface area contributed by atoms with E-state index in [2.05, 4.69) is 53.4 Å². The minimum Gasteiger partial charge on any atom is -0.457 e. The minimum atomic E-state index is -0.662. The molecule has 2 aromatic heterocycles. The van der Waals surface area contributed by atoms with Crippen LogP contribution in [0.15, 0.2) is 116 Å². The van der Waals surface area contributed by atoms with Crippen LogP contribution in [-0.4, -0.2) is 23.1 Å². The second-order valence-corrected chi connectivity index (χ2v) is 10.6. The first-order valence-corrected chi connectivity index (χ1v) is 13.7. The SMILES string of the molecule is O=C(Oc1c(Br)cc(Br)cc1C=NNC(=O)c1[nH]c2c(ccc3ccccc32)c1-c1ccccc1)c1ccco1. The number of hydrogen-bond acceptors (Lipinski definition) is 5. The molecule has 6 aromatic rings. The molecule has 0 radical (unpaired) electrons. The molecule has 4 aromatic carbocycles. The molecule has 0 aliphatic rings. The van der Waals surface area contributed by atoms with E-state index in [4.69, 9.17) is 9.15 Å². The highest BCUT2D eigenvalue weighted by atomic mass is 79.9. The summed E-state index contributed by atoms with van der Waals surface area (Å²) in [6.07, 6.45) is 2.81. The van der Waals surface area contributed by atoms with Crippen molar-refractivity contribution in [3.05, 3.63) is 123 Å². The number of hydrazone groups is 1. The summed E-state index contributed by atoms with van der Waals surface area (Å²) in [6.45, 7) is 0. The number of fused-ring (bicyclic) bond motifs is 3. The third kappa shape index (κ3) is 4.97. The summed E-state index contributed by atoms with van der Waals surface area (Å²) in [4.78, 5) is 29.4. The largest absolute Gasteiger partial charge is 0.457 e. The summed E-state index contributed by atoms with van der Waals surface area (Å²) in [5.41, 5.74) is 6.02. The quantitative estimate of drug-likeness (QED) is 0.0820. The first-order chi connectivity index (χ1) is 19.5. The van der Waals surface area contributed by atoms with Crippen LogP contribution in [-0.2, 0) is 0 Å². The van der Waals surface area contributed by atoms with Gasteiger partial charge in [0, 0.05) is 26.4 Å². The molecule has 0 saturated carbocycles. The zero-order valence-electron chi connectivity index (χ0n) is 20.7. The van der Waals surface area contributed by atoms with Gasteiger partial charge in [-0.1, -0.05) is 82.7 Å². The molecule has 0 spiro atoms. The lowest BCUT2D eigenvalue weighted by Gasteiger charge is -2.09. The van der Waals surface area contributed by atoms with Crippen molar-refractivity contribution in [3.63, 3.8) is 0 Å². The number of benzene rings is 4. The second-order valence-electron chi connectivity index (χ2n) is 8.82. The number of hydrogen-bond donors (Lipinski definition) is 2. The molecule has 7 nitrogen and oxygen atoms in total. The molecule has 0 bridgehead atoms. The Morgan fingerprint density at radius 3 is 2.50 bits per heavy atom. The second kappa shape index (κ2) is 11.0. The van der Waals surface area contributed by atoms with Crippen LogP contribution in [0.3, 0.4) is 0 Å². The monoisotopic (exact) mass is 655 g/mol. The number of nitrogens with zero attached hydrogens (tertiary/aromatic N) is 1. The first-order valence-electron chi connectivity index (χ1n) is 12.2. The summed E-state index contributed by atoms with van der Waals surface area (Å²) < 4.78 is 11.9. The van der Waals surface area contributed by atoms with Crippen LogP contribution in [0, 0.1) is 0 Å². The summed E-state index contributed by atoms with van der Waals surface area (Å²) in [7, 11) is 0. The van der Waals surface area contributed by atoms with Crippen LogP contribution in [0.25, 0.3) is 32.8 Å². The molecule has 0 aliphatic carbocycles. The molecule has 0 atom stereocenters. The van der Waals surface area contributed by atoms with Crippen LogP contribution < -0.4 is 10.2 Å². The van der Waals surface area contributed by atoms with Crippen molar-refractivity contribution in [1.82, 2.24) is 10.4 Å². The van der Waals surface area contributed by atoms with Crippen molar-refractivity contribution in [2.45, 2.75) is 0 Å². The third-order valence-electron chi connectivity index (χ3n) is 6.31. The highest BCUT2D eigenvalue weighted by Gasteiger charge is 2.21. The van der Waals surface area contributed by atoms with Gasteiger partial charge in [-0.05, 0) is 51.1 Å². The number of nitrogens with one attached hydrogen (secondary N) is 2. The Labute approximate surface area is 245 Å². The number of carbonyl (C=O) groups is 2. The number of halogens is 2. The lowest BCUT2D eigenvalue weighted by Crippen LogP contribution is -2.19. The molecule has 2 heterocycles. The van der Waals surface area contributed by atoms with Crippen molar-refractivity contribution < 1.29 is 18.7 Å². The summed E-state index contributed by atoms with van der Waals surface area (Å²) >= 11 is 6.87. The Hall–Kier alpha value is -4.47. The number of esters is 1. The molecule has 6 rings (SSSR count). The van der Waals surface area contributed by atoms with Gasteiger partial charge in [-0.15, -0.1) is 0 Å². The van der Waals surface area contributed by atoms with Crippen LogP contribution in [0.4, 0.5) is 0 Å². The Morgan fingerprint density at radius 2 is 1.70 bits per heavy atom. The Balaban J connectivity index is 1.35. The maximum atomic E-state index is 13.5. The summed E-state index contributed by atoms with van der Waals surface area (Å²) in [5, 5.41) is 7.21. The van der Waals surface area contributed by atoms with Gasteiger partial charge in [0.15, 0.2) is 5.75 Å². The van der Waals surface area contributed by atoms with Gasteiger partial charge in [0.1, 0.15) is 5.69 Å². The number of furan rings is 1. The highest BCUT2D eigenvalue weighted by Crippen LogP contribution is 2.36. The van der Waals surface area contributed by atoms with Gasteiger partial charge in [-0.3, -0.25) is 4.79 Å². The highest BCUT2D eigenvalue weighted by molar-refractivity contribution is 9.11. The van der Waals surface area contributed by atoms with E-state index in [0.29, 0.717) is 15.7 Å². The van der Waals surface area contributed by atoms with Gasteiger partial charge in [0.2, 0.25) is 5.76 Å². The van der Waals surface area contributed by atoms with E-state index in [1.165, 1.54) is 18.5 Å². The topological polar surface area (TPSA) is 96.7 Å². The number of aromatic amines is 1. The molecule has 0 unspecified atom stereocenters. The van der Waals surface area contributed by atoms with Gasteiger partial charge in [-0.25, -0.2) is 10.2 Å². The smallest absolute Gasteiger partial charge is 0.379 e. The van der Waals surface area contributed by atoms with E-state index in [9.17, 15) is 9.59 Å². The molecule has 9 heteroatoms. The molecule has 2 N–H and O–H groups in total. The van der Waals surface area contributed by atoms with E-state index >= 15 is 0 Å². The number of amides is 1. The van der Waals surface area contributed by atoms with Crippen LogP contribution in [0.5, 0.6) is 5.75 Å². The molecular formula is C31H19Br2N3O4. The predicted molar refractivity (Wildman–Crippen MR) is 162 cm³/mol. The lowest BCUT2D eigenvalue weighted by molar-refractivity contribution is 0.0699. The molecule has 1 amide bonds. The first kappa shape index (κ1) is 25.8. The molecular weight excluding hydrogens is 638 g/mol. The normalized spacial score (nSPS) is 11.3. The zero-order chi connectivity index (χ0) is 27.6. The number of ether oxygens (including phenoxy) is 1. The lowest BCUT2D eigenvalue weighted by atomic mass is 9.99. The third-order valence-corrected chi connectivity index (χ3v) is 7.36. The molecule has 0 saturated heterocycles. The maximum absolute atomic E-state index is 13.5. The number of aromatic nitrogens is 1. The van der Waals surface area contributed by atoms with E-state index in [1.807, 2.05) is 60.7 Å². The number of H-pyrrole nitrogens is 1. The summed E-state index contributed by atoms with van der Waals surface area (Å²) in [5.74, 6) is -0.793. The van der Waals surface area contributed by atoms with Crippen molar-refractivity contribution in [1.29, 1.82) is 0 Å². The van der Waals surface area contributed by atoms with E-state index < -0.39 is 11.9 Å². The average molecular weight is 657 g/mol. The average Bonchev–Trinajstić information content (AvgIpc) is 3.64. The van der Waals surface area contributed by atoms with Crippen molar-refractivity contribution >= 4 is 71.6 Å². The van der Waals surface area contributed by atoms with E-state index in [1.54, 1.807) is 18.2 Å². The van der Waals surface area contributed by atoms with Crippen molar-refractivity contribution in [2.24, 2.45) is 5.10 Å². The molecule has 40 heavy (non-hydrogen) atoms. The molecule has 196 valence electrons. The zero-order valence-corrected chi connectivity index (χ0v) is 23.8. The van der Waals surface area contributed by atoms with Crippen molar-refractivity contribution in [3.8, 4) is 16.9 Å². The Bertz CT molecular complexity index is 1910. The van der Waals surface area contributed by atoms with Gasteiger partial charge in [0.05, 0.1) is 22.5 Å². The van der Waals surface area contributed by atoms with Crippen LogP contribution in [0.1, 0.15) is 26.6 Å². The van der Waals surface area contributed by atoms with Gasteiger partial charge >= 0.3 is 5.97 Å². The van der Waals surface area contributed by atoms with Gasteiger partial charge < -0.3 is 14.1 Å². The van der Waals surface area contributed by atoms with Crippen LogP contribution >= 0.6 is 31.9 Å². The van der Waals surface area contributed by atoms with Gasteiger partial charge in [0.25, 0.3) is 5.91 Å². The standard InChI is InChI=1S/C31H19Br2N3O4/c32-21-15-20(29(24(33)16-21)40-31(38)25-11-6-14-39-25)17-34-36-30(37)28-26(19-8-2-1-3-9-19)23-13-12-18-7-4-5-10-22(18)27(23)35-28/h1-17,35H,(H,36,37). The molecule has 0 aliphatic heterocycles. The van der Waals surface area contributed by atoms with Crippen molar-refractivity contribution in [2.75, 3.05) is 0 Å². The maximum Gasteiger partial charge on any atom is 0.379 e. The van der Waals surface area contributed by atoms with E-state index in [-0.39, 0.29) is 11.5 Å². The fourth-order valence-corrected chi connectivity index (χ4v) is 5.89. The number of carbonyl (C=O) groups excluding carboxylic acids is 2. The fourth-order valence-electron chi connectivity index (χ4n) is 4.55. The fraction of sp³-hybridized carbons (Fsp3) is 0. The minimum absolute atomic E-state index is 0.0609. The van der Waals surface area contributed by atoms with Crippen LogP contribution in [0.2, 0.25) is 0 Å².